The van der Waals surface area contributed by atoms with E-state index in [1.54, 1.807) is 18.2 Å². The van der Waals surface area contributed by atoms with Crippen LogP contribution in [-0.4, -0.2) is 21.7 Å². The zero-order chi connectivity index (χ0) is 25.5. The highest BCUT2D eigenvalue weighted by Crippen LogP contribution is 2.30. The van der Waals surface area contributed by atoms with Gasteiger partial charge in [0.25, 0.3) is 17.3 Å². The van der Waals surface area contributed by atoms with Gasteiger partial charge < -0.3 is 14.5 Å². The Kier molecular flexibility index (Phi) is 7.33. The number of nitriles is 1. The third-order valence-corrected chi connectivity index (χ3v) is 4.75. The van der Waals surface area contributed by atoms with Gasteiger partial charge in [0.1, 0.15) is 28.7 Å². The van der Waals surface area contributed by atoms with Gasteiger partial charge in [0.05, 0.1) is 28.2 Å². The first-order valence-electron chi connectivity index (χ1n) is 9.87. The summed E-state index contributed by atoms with van der Waals surface area (Å²) in [6.45, 7) is 1.32. The molecule has 0 bridgehead atoms. The third kappa shape index (κ3) is 5.93. The molecule has 0 unspecified atom stereocenters. The van der Waals surface area contributed by atoms with Crippen LogP contribution in [0, 0.1) is 38.5 Å². The SMILES string of the molecule is Cc1c([N+](=O)[O-])cc(C(=O)Oc2ccc(/C=C(\C#N)C(=O)NCc3ccco3)cc2)cc1[N+](=O)[O-]. The number of carbonyl (C=O) groups is 2. The van der Waals surface area contributed by atoms with E-state index < -0.39 is 33.1 Å². The van der Waals surface area contributed by atoms with Gasteiger partial charge in [-0.05, 0) is 42.8 Å². The monoisotopic (exact) mass is 476 g/mol. The molecule has 0 aliphatic heterocycles. The number of rotatable bonds is 8. The van der Waals surface area contributed by atoms with Crippen LogP contribution >= 0.6 is 0 Å². The number of nitrogens with one attached hydrogen (secondary N) is 1. The molecule has 12 heteroatoms. The van der Waals surface area contributed by atoms with Gasteiger partial charge in [-0.25, -0.2) is 4.79 Å². The van der Waals surface area contributed by atoms with Crippen LogP contribution in [0.25, 0.3) is 6.08 Å². The molecule has 0 fully saturated rings. The smallest absolute Gasteiger partial charge is 0.344 e. The second kappa shape index (κ2) is 10.5. The lowest BCUT2D eigenvalue weighted by Crippen LogP contribution is -2.23. The molecule has 3 aromatic rings. The van der Waals surface area contributed by atoms with Crippen molar-refractivity contribution in [3.63, 3.8) is 0 Å². The van der Waals surface area contributed by atoms with Crippen LogP contribution in [0.2, 0.25) is 0 Å². The van der Waals surface area contributed by atoms with Crippen LogP contribution in [0.1, 0.15) is 27.2 Å². The van der Waals surface area contributed by atoms with E-state index in [1.165, 1.54) is 43.5 Å². The number of nitro benzene ring substituents is 2. The van der Waals surface area contributed by atoms with Crippen molar-refractivity contribution in [1.29, 1.82) is 5.26 Å². The predicted octanol–water partition coefficient (Wildman–Crippen LogP) is 3.85. The zero-order valence-corrected chi connectivity index (χ0v) is 18.1. The fraction of sp³-hybridized carbons (Fsp3) is 0.0870. The molecule has 0 atom stereocenters. The highest BCUT2D eigenvalue weighted by atomic mass is 16.6. The first-order valence-corrected chi connectivity index (χ1v) is 9.87. The zero-order valence-electron chi connectivity index (χ0n) is 18.1. The Morgan fingerprint density at radius 1 is 1.11 bits per heavy atom. The fourth-order valence-electron chi connectivity index (χ4n) is 2.97. The summed E-state index contributed by atoms with van der Waals surface area (Å²) in [5, 5.41) is 34.2. The summed E-state index contributed by atoms with van der Waals surface area (Å²) in [7, 11) is 0. The molecule has 0 radical (unpaired) electrons. The van der Waals surface area contributed by atoms with Gasteiger partial charge in [-0.2, -0.15) is 5.26 Å². The molecule has 35 heavy (non-hydrogen) atoms. The van der Waals surface area contributed by atoms with Crippen LogP contribution in [0.4, 0.5) is 11.4 Å². The Bertz CT molecular complexity index is 1330. The van der Waals surface area contributed by atoms with Gasteiger partial charge in [0, 0.05) is 12.1 Å². The number of amides is 1. The lowest BCUT2D eigenvalue weighted by Gasteiger charge is -2.07. The van der Waals surface area contributed by atoms with Crippen molar-refractivity contribution in [1.82, 2.24) is 5.32 Å². The molecule has 1 N–H and O–H groups in total. The van der Waals surface area contributed by atoms with Crippen molar-refractivity contribution in [2.24, 2.45) is 0 Å². The lowest BCUT2D eigenvalue weighted by molar-refractivity contribution is -0.395. The van der Waals surface area contributed by atoms with E-state index in [0.29, 0.717) is 11.3 Å². The van der Waals surface area contributed by atoms with E-state index in [2.05, 4.69) is 5.32 Å². The number of esters is 1. The number of benzene rings is 2. The number of furan rings is 1. The molecule has 0 saturated carbocycles. The molecule has 2 aromatic carbocycles. The van der Waals surface area contributed by atoms with Crippen LogP contribution in [0.15, 0.2) is 64.8 Å². The Labute approximate surface area is 197 Å². The summed E-state index contributed by atoms with van der Waals surface area (Å²) < 4.78 is 10.3. The van der Waals surface area contributed by atoms with E-state index in [1.807, 2.05) is 0 Å². The standard InChI is InChI=1S/C23H16N4O8/c1-14-20(26(30)31)10-16(11-21(14)27(32)33)23(29)35-18-6-4-15(5-7-18)9-17(12-24)22(28)25-13-19-3-2-8-34-19/h2-11H,13H2,1H3,(H,25,28)/b17-9+. The number of carbonyl (C=O) groups excluding carboxylic acids is 2. The maximum Gasteiger partial charge on any atom is 0.344 e. The van der Waals surface area contributed by atoms with Gasteiger partial charge in [0.15, 0.2) is 0 Å². The first kappa shape index (κ1) is 24.3. The van der Waals surface area contributed by atoms with Crippen molar-refractivity contribution in [3.8, 4) is 11.8 Å². The van der Waals surface area contributed by atoms with Gasteiger partial charge in [-0.15, -0.1) is 0 Å². The highest BCUT2D eigenvalue weighted by molar-refractivity contribution is 6.01. The summed E-state index contributed by atoms with van der Waals surface area (Å²) in [5.41, 5.74) is -1.43. The lowest BCUT2D eigenvalue weighted by atomic mass is 10.1. The van der Waals surface area contributed by atoms with E-state index in [9.17, 15) is 35.1 Å². The number of nitro groups is 2. The molecule has 0 aliphatic rings. The average molecular weight is 476 g/mol. The molecule has 0 saturated heterocycles. The molecule has 0 spiro atoms. The topological polar surface area (TPSA) is 179 Å². The minimum absolute atomic E-state index is 0.0406. The molecule has 0 aliphatic carbocycles. The largest absolute Gasteiger partial charge is 0.467 e. The van der Waals surface area contributed by atoms with Gasteiger partial charge >= 0.3 is 5.97 Å². The second-order valence-electron chi connectivity index (χ2n) is 7.04. The van der Waals surface area contributed by atoms with E-state index in [4.69, 9.17) is 9.15 Å². The quantitative estimate of drug-likeness (QED) is 0.126. The summed E-state index contributed by atoms with van der Waals surface area (Å²) in [6, 6.07) is 12.6. The molecular formula is C23H16N4O8. The molecule has 1 aromatic heterocycles. The molecule has 1 heterocycles. The van der Waals surface area contributed by atoms with E-state index >= 15 is 0 Å². The minimum atomic E-state index is -1.03. The predicted molar refractivity (Wildman–Crippen MR) is 120 cm³/mol. The van der Waals surface area contributed by atoms with E-state index in [-0.39, 0.29) is 29.0 Å². The number of nitrogens with zero attached hydrogens (tertiary/aromatic N) is 3. The second-order valence-corrected chi connectivity index (χ2v) is 7.04. The Morgan fingerprint density at radius 2 is 1.74 bits per heavy atom. The Hall–Kier alpha value is -5.31. The van der Waals surface area contributed by atoms with Crippen molar-refractivity contribution >= 4 is 29.3 Å². The first-order chi connectivity index (χ1) is 16.7. The third-order valence-electron chi connectivity index (χ3n) is 4.75. The van der Waals surface area contributed by atoms with Crippen molar-refractivity contribution < 1.29 is 28.6 Å². The maximum absolute atomic E-state index is 12.5. The van der Waals surface area contributed by atoms with Gasteiger partial charge in [0.2, 0.25) is 0 Å². The van der Waals surface area contributed by atoms with Crippen LogP contribution < -0.4 is 10.1 Å². The molecular weight excluding hydrogens is 460 g/mol. The summed E-state index contributed by atoms with van der Waals surface area (Å²) in [5.74, 6) is -1.08. The normalized spacial score (nSPS) is 10.8. The van der Waals surface area contributed by atoms with Crippen LogP contribution in [0.3, 0.4) is 0 Å². The van der Waals surface area contributed by atoms with Crippen molar-refractivity contribution in [2.45, 2.75) is 13.5 Å². The number of hydrogen-bond donors (Lipinski definition) is 1. The average Bonchev–Trinajstić information content (AvgIpc) is 3.35. The number of hydrogen-bond acceptors (Lipinski definition) is 9. The summed E-state index contributed by atoms with van der Waals surface area (Å²) >= 11 is 0. The molecule has 1 amide bonds. The van der Waals surface area contributed by atoms with Gasteiger partial charge in [-0.1, -0.05) is 12.1 Å². The summed E-state index contributed by atoms with van der Waals surface area (Å²) in [4.78, 5) is 45.4. The Balaban J connectivity index is 1.74. The molecule has 3 rings (SSSR count). The molecule has 176 valence electrons. The van der Waals surface area contributed by atoms with Crippen LogP contribution in [-0.2, 0) is 11.3 Å². The Morgan fingerprint density at radius 3 is 2.26 bits per heavy atom. The van der Waals surface area contributed by atoms with E-state index in [0.717, 1.165) is 12.1 Å². The highest BCUT2D eigenvalue weighted by Gasteiger charge is 2.26. The molecule has 12 nitrogen and oxygen atoms in total. The number of ether oxygens (including phenoxy) is 1. The van der Waals surface area contributed by atoms with Crippen molar-refractivity contribution in [3.05, 3.63) is 103 Å². The summed E-state index contributed by atoms with van der Waals surface area (Å²) in [6.07, 6.45) is 2.79. The van der Waals surface area contributed by atoms with Crippen LogP contribution in [0.5, 0.6) is 5.75 Å². The van der Waals surface area contributed by atoms with Crippen molar-refractivity contribution in [2.75, 3.05) is 0 Å². The van der Waals surface area contributed by atoms with Gasteiger partial charge in [-0.3, -0.25) is 25.0 Å². The minimum Gasteiger partial charge on any atom is -0.467 e. The fourth-order valence-corrected chi connectivity index (χ4v) is 2.97. The maximum atomic E-state index is 12.5.